The predicted octanol–water partition coefficient (Wildman–Crippen LogP) is 0.909. The van der Waals surface area contributed by atoms with E-state index in [2.05, 4.69) is 15.2 Å². The number of primary amides is 1. The van der Waals surface area contributed by atoms with E-state index in [1.54, 1.807) is 17.5 Å². The minimum Gasteiger partial charge on any atom is -0.366 e. The third-order valence-corrected chi connectivity index (χ3v) is 8.00. The first-order valence-electron chi connectivity index (χ1n) is 8.72. The Morgan fingerprint density at radius 3 is 2.59 bits per heavy atom. The number of amides is 2. The molecule has 0 radical (unpaired) electrons. The molecule has 2 aromatic rings. The summed E-state index contributed by atoms with van der Waals surface area (Å²) < 4.78 is 26.9. The fraction of sp³-hybridized carbons (Fsp3) is 0.353. The highest BCUT2D eigenvalue weighted by Gasteiger charge is 2.27. The second kappa shape index (κ2) is 9.22. The zero-order valence-electron chi connectivity index (χ0n) is 15.7. The monoisotopic (exact) mass is 455 g/mol. The maximum absolute atomic E-state index is 12.7. The van der Waals surface area contributed by atoms with Gasteiger partial charge in [0.1, 0.15) is 9.90 Å². The predicted molar refractivity (Wildman–Crippen MR) is 113 cm³/mol. The number of thiophene rings is 1. The molecule has 1 saturated heterocycles. The van der Waals surface area contributed by atoms with Crippen LogP contribution in [0.1, 0.15) is 10.4 Å². The normalized spacial score (nSPS) is 15.9. The van der Waals surface area contributed by atoms with E-state index in [1.807, 2.05) is 7.05 Å². The van der Waals surface area contributed by atoms with Crippen molar-refractivity contribution in [2.24, 2.45) is 5.73 Å². The smallest absolute Gasteiger partial charge is 0.251 e. The fourth-order valence-corrected chi connectivity index (χ4v) is 5.50. The Bertz CT molecular complexity index is 983. The van der Waals surface area contributed by atoms with Crippen LogP contribution in [-0.2, 0) is 14.8 Å². The van der Waals surface area contributed by atoms with Crippen LogP contribution in [0.5, 0.6) is 0 Å². The molecule has 1 fully saturated rings. The van der Waals surface area contributed by atoms with Crippen LogP contribution in [0.2, 0.25) is 0 Å². The zero-order chi connectivity index (χ0) is 21.0. The second-order valence-corrected chi connectivity index (χ2v) is 10.3. The molecule has 0 aromatic carbocycles. The largest absolute Gasteiger partial charge is 0.366 e. The molecule has 1 aliphatic heterocycles. The van der Waals surface area contributed by atoms with Gasteiger partial charge >= 0.3 is 0 Å². The van der Waals surface area contributed by atoms with Gasteiger partial charge in [0.15, 0.2) is 0 Å². The highest BCUT2D eigenvalue weighted by molar-refractivity contribution is 7.99. The Hall–Kier alpha value is -1.99. The molecule has 0 aliphatic carbocycles. The summed E-state index contributed by atoms with van der Waals surface area (Å²) >= 11 is 2.38. The number of hydrogen-bond acceptors (Lipinski definition) is 8. The molecule has 0 bridgehead atoms. The molecule has 2 aromatic heterocycles. The van der Waals surface area contributed by atoms with Crippen molar-refractivity contribution in [2.75, 3.05) is 44.3 Å². The average molecular weight is 456 g/mol. The molecule has 12 heteroatoms. The SMILES string of the molecule is CN1CCN(S(=O)(=O)c2ccc(SCC(=O)Nc3sccc3C(N)=O)nc2)CC1. The number of nitrogens with two attached hydrogens (primary N) is 1. The third kappa shape index (κ3) is 5.34. The molecule has 1 aliphatic rings. The van der Waals surface area contributed by atoms with E-state index in [-0.39, 0.29) is 22.1 Å². The van der Waals surface area contributed by atoms with Crippen molar-refractivity contribution in [3.8, 4) is 0 Å². The van der Waals surface area contributed by atoms with Gasteiger partial charge in [-0.05, 0) is 30.6 Å². The lowest BCUT2D eigenvalue weighted by molar-refractivity contribution is -0.113. The lowest BCUT2D eigenvalue weighted by Crippen LogP contribution is -2.47. The van der Waals surface area contributed by atoms with Gasteiger partial charge in [-0.1, -0.05) is 11.8 Å². The Balaban J connectivity index is 1.57. The van der Waals surface area contributed by atoms with Gasteiger partial charge in [0.2, 0.25) is 15.9 Å². The number of carbonyl (C=O) groups is 2. The van der Waals surface area contributed by atoms with Gasteiger partial charge in [-0.25, -0.2) is 13.4 Å². The van der Waals surface area contributed by atoms with Crippen molar-refractivity contribution in [1.82, 2.24) is 14.2 Å². The first kappa shape index (κ1) is 21.7. The Labute approximate surface area is 177 Å². The number of anilines is 1. The van der Waals surface area contributed by atoms with Gasteiger partial charge < -0.3 is 16.0 Å². The van der Waals surface area contributed by atoms with Crippen LogP contribution in [0.3, 0.4) is 0 Å². The summed E-state index contributed by atoms with van der Waals surface area (Å²) in [5.74, 6) is -0.850. The first-order chi connectivity index (χ1) is 13.8. The van der Waals surface area contributed by atoms with Gasteiger partial charge in [-0.3, -0.25) is 9.59 Å². The summed E-state index contributed by atoms with van der Waals surface area (Å²) in [6.07, 6.45) is 1.32. The number of piperazine rings is 1. The van der Waals surface area contributed by atoms with Gasteiger partial charge in [-0.2, -0.15) is 4.31 Å². The molecular formula is C17H21N5O4S3. The van der Waals surface area contributed by atoms with Crippen molar-refractivity contribution >= 4 is 49.9 Å². The van der Waals surface area contributed by atoms with Crippen molar-refractivity contribution < 1.29 is 18.0 Å². The lowest BCUT2D eigenvalue weighted by Gasteiger charge is -2.31. The summed E-state index contributed by atoms with van der Waals surface area (Å²) in [6, 6.07) is 4.64. The van der Waals surface area contributed by atoms with E-state index >= 15 is 0 Å². The second-order valence-electron chi connectivity index (χ2n) is 6.40. The minimum absolute atomic E-state index is 0.0632. The van der Waals surface area contributed by atoms with Gasteiger partial charge in [0.25, 0.3) is 5.91 Å². The van der Waals surface area contributed by atoms with Gasteiger partial charge in [0.05, 0.1) is 16.3 Å². The highest BCUT2D eigenvalue weighted by atomic mass is 32.2. The standard InChI is InChI=1S/C17H21N5O4S3/c1-21-5-7-22(8-6-21)29(25,26)12-2-3-15(19-10-12)28-11-14(23)20-17-13(16(18)24)4-9-27-17/h2-4,9-10H,5-8,11H2,1H3,(H2,18,24)(H,20,23). The summed E-state index contributed by atoms with van der Waals surface area (Å²) in [5.41, 5.74) is 5.52. The Kier molecular flexibility index (Phi) is 6.90. The molecule has 29 heavy (non-hydrogen) atoms. The molecular weight excluding hydrogens is 434 g/mol. The number of carbonyl (C=O) groups excluding carboxylic acids is 2. The summed E-state index contributed by atoms with van der Waals surface area (Å²) in [7, 11) is -1.61. The maximum Gasteiger partial charge on any atom is 0.251 e. The van der Waals surface area contributed by atoms with Crippen molar-refractivity contribution in [3.63, 3.8) is 0 Å². The van der Waals surface area contributed by atoms with Crippen LogP contribution < -0.4 is 11.1 Å². The number of sulfonamides is 1. The van der Waals surface area contributed by atoms with E-state index in [0.717, 1.165) is 0 Å². The number of likely N-dealkylation sites (N-methyl/N-ethyl adjacent to an activating group) is 1. The average Bonchev–Trinajstić information content (AvgIpc) is 3.15. The van der Waals surface area contributed by atoms with E-state index in [1.165, 1.54) is 39.7 Å². The number of rotatable bonds is 7. The zero-order valence-corrected chi connectivity index (χ0v) is 18.1. The molecule has 0 atom stereocenters. The quantitative estimate of drug-likeness (QED) is 0.594. The molecule has 2 amide bonds. The van der Waals surface area contributed by atoms with Crippen molar-refractivity contribution in [3.05, 3.63) is 35.3 Å². The number of pyridine rings is 1. The summed E-state index contributed by atoms with van der Waals surface area (Å²) in [6.45, 7) is 2.28. The Morgan fingerprint density at radius 1 is 1.24 bits per heavy atom. The van der Waals surface area contributed by atoms with E-state index in [0.29, 0.717) is 36.2 Å². The number of nitrogens with zero attached hydrogens (tertiary/aromatic N) is 3. The number of aromatic nitrogens is 1. The van der Waals surface area contributed by atoms with Crippen LogP contribution >= 0.6 is 23.1 Å². The van der Waals surface area contributed by atoms with Crippen LogP contribution in [0.4, 0.5) is 5.00 Å². The molecule has 3 rings (SSSR count). The molecule has 156 valence electrons. The molecule has 3 heterocycles. The highest BCUT2D eigenvalue weighted by Crippen LogP contribution is 2.24. The van der Waals surface area contributed by atoms with Crippen molar-refractivity contribution in [1.29, 1.82) is 0 Å². The lowest BCUT2D eigenvalue weighted by atomic mass is 10.3. The van der Waals surface area contributed by atoms with E-state index in [9.17, 15) is 18.0 Å². The molecule has 0 spiro atoms. The van der Waals surface area contributed by atoms with Gasteiger partial charge in [-0.15, -0.1) is 11.3 Å². The Morgan fingerprint density at radius 2 is 1.97 bits per heavy atom. The van der Waals surface area contributed by atoms with Gasteiger partial charge in [0, 0.05) is 32.4 Å². The van der Waals surface area contributed by atoms with Crippen LogP contribution in [0, 0.1) is 0 Å². The molecule has 3 N–H and O–H groups in total. The third-order valence-electron chi connectivity index (χ3n) is 4.34. The molecule has 0 saturated carbocycles. The number of hydrogen-bond donors (Lipinski definition) is 2. The van der Waals surface area contributed by atoms with Crippen LogP contribution in [-0.4, -0.2) is 73.4 Å². The first-order valence-corrected chi connectivity index (χ1v) is 12.0. The van der Waals surface area contributed by atoms with Crippen LogP contribution in [0.15, 0.2) is 39.7 Å². The summed E-state index contributed by atoms with van der Waals surface area (Å²) in [5, 5.41) is 5.25. The van der Waals surface area contributed by atoms with Crippen molar-refractivity contribution in [2.45, 2.75) is 9.92 Å². The molecule has 9 nitrogen and oxygen atoms in total. The van der Waals surface area contributed by atoms with Crippen LogP contribution in [0.25, 0.3) is 0 Å². The number of thioether (sulfide) groups is 1. The fourth-order valence-electron chi connectivity index (χ4n) is 2.68. The maximum atomic E-state index is 12.7. The van der Waals surface area contributed by atoms with E-state index in [4.69, 9.17) is 5.73 Å². The topological polar surface area (TPSA) is 126 Å². The number of nitrogens with one attached hydrogen (secondary N) is 1. The van der Waals surface area contributed by atoms with E-state index < -0.39 is 15.9 Å². The molecule has 0 unspecified atom stereocenters. The minimum atomic E-state index is -3.57. The summed E-state index contributed by atoms with van der Waals surface area (Å²) in [4.78, 5) is 29.8.